The molecule has 1 unspecified atom stereocenters. The number of nitrogens with one attached hydrogen (secondary N) is 1. The van der Waals surface area contributed by atoms with E-state index in [0.29, 0.717) is 12.6 Å². The van der Waals surface area contributed by atoms with Gasteiger partial charge in [0.15, 0.2) is 5.11 Å². The number of likely N-dealkylation sites (N-methyl/N-ethyl adjacent to an activating group) is 1. The maximum atomic E-state index is 5.62. The van der Waals surface area contributed by atoms with E-state index in [4.69, 9.17) is 21.7 Å². The topological polar surface area (TPSA) is 33.7 Å². The van der Waals surface area contributed by atoms with E-state index in [-0.39, 0.29) is 0 Å². The molecule has 0 aliphatic rings. The Balaban J connectivity index is 1.90. The second-order valence-corrected chi connectivity index (χ2v) is 6.58. The van der Waals surface area contributed by atoms with Crippen molar-refractivity contribution >= 4 is 17.3 Å². The number of thiocarbonyl (C=S) groups is 1. The number of ether oxygens (including phenoxy) is 2. The number of methoxy groups -OCH3 is 2. The van der Waals surface area contributed by atoms with E-state index in [9.17, 15) is 0 Å². The SMILES string of the molecule is CCN(C(=S)NCc1ccc(OC)cc1)C(C)Cc1ccc(OC)cc1. The number of rotatable bonds is 8. The van der Waals surface area contributed by atoms with Crippen LogP contribution in [-0.4, -0.2) is 36.8 Å². The molecule has 0 aliphatic carbocycles. The van der Waals surface area contributed by atoms with Crippen molar-refractivity contribution in [3.8, 4) is 11.5 Å². The van der Waals surface area contributed by atoms with Crippen LogP contribution in [0.5, 0.6) is 11.5 Å². The molecule has 0 fully saturated rings. The van der Waals surface area contributed by atoms with Gasteiger partial charge in [-0.15, -0.1) is 0 Å². The van der Waals surface area contributed by atoms with Crippen LogP contribution in [0.2, 0.25) is 0 Å². The van der Waals surface area contributed by atoms with Gasteiger partial charge in [0.05, 0.1) is 14.2 Å². The fourth-order valence-corrected chi connectivity index (χ4v) is 3.27. The standard InChI is InChI=1S/C21H28N2O2S/c1-5-23(16(2)14-17-6-10-19(24-3)11-7-17)21(26)22-15-18-8-12-20(25-4)13-9-18/h6-13,16H,5,14-15H2,1-4H3,(H,22,26). The van der Waals surface area contributed by atoms with E-state index in [1.165, 1.54) is 11.1 Å². The van der Waals surface area contributed by atoms with Gasteiger partial charge >= 0.3 is 0 Å². The molecule has 1 atom stereocenters. The Hall–Kier alpha value is -2.27. The van der Waals surface area contributed by atoms with Crippen molar-refractivity contribution in [3.63, 3.8) is 0 Å². The van der Waals surface area contributed by atoms with Crippen molar-refractivity contribution in [1.29, 1.82) is 0 Å². The summed E-state index contributed by atoms with van der Waals surface area (Å²) >= 11 is 5.62. The molecule has 2 aromatic rings. The highest BCUT2D eigenvalue weighted by Gasteiger charge is 2.15. The molecule has 2 aromatic carbocycles. The zero-order chi connectivity index (χ0) is 18.9. The van der Waals surface area contributed by atoms with Crippen LogP contribution >= 0.6 is 12.2 Å². The van der Waals surface area contributed by atoms with Gasteiger partial charge in [-0.2, -0.15) is 0 Å². The minimum absolute atomic E-state index is 0.310. The normalized spacial score (nSPS) is 11.5. The van der Waals surface area contributed by atoms with Crippen LogP contribution in [0.4, 0.5) is 0 Å². The Labute approximate surface area is 162 Å². The summed E-state index contributed by atoms with van der Waals surface area (Å²) in [6, 6.07) is 16.5. The van der Waals surface area contributed by atoms with Gasteiger partial charge < -0.3 is 19.7 Å². The second kappa shape index (κ2) is 10.0. The van der Waals surface area contributed by atoms with Crippen LogP contribution in [-0.2, 0) is 13.0 Å². The minimum atomic E-state index is 0.310. The smallest absolute Gasteiger partial charge is 0.169 e. The molecule has 5 heteroatoms. The second-order valence-electron chi connectivity index (χ2n) is 6.19. The van der Waals surface area contributed by atoms with Gasteiger partial charge in [-0.05, 0) is 67.9 Å². The number of hydrogen-bond donors (Lipinski definition) is 1. The van der Waals surface area contributed by atoms with E-state index in [0.717, 1.165) is 29.6 Å². The van der Waals surface area contributed by atoms with Gasteiger partial charge in [-0.25, -0.2) is 0 Å². The summed E-state index contributed by atoms with van der Waals surface area (Å²) in [7, 11) is 3.36. The lowest BCUT2D eigenvalue weighted by atomic mass is 10.1. The summed E-state index contributed by atoms with van der Waals surface area (Å²) in [6.07, 6.45) is 0.933. The third kappa shape index (κ3) is 5.63. The molecule has 4 nitrogen and oxygen atoms in total. The van der Waals surface area contributed by atoms with Crippen molar-refractivity contribution in [3.05, 3.63) is 59.7 Å². The van der Waals surface area contributed by atoms with Gasteiger partial charge in [-0.3, -0.25) is 0 Å². The van der Waals surface area contributed by atoms with E-state index in [2.05, 4.69) is 36.2 Å². The number of nitrogens with zero attached hydrogens (tertiary/aromatic N) is 1. The zero-order valence-electron chi connectivity index (χ0n) is 16.0. The highest BCUT2D eigenvalue weighted by atomic mass is 32.1. The van der Waals surface area contributed by atoms with Crippen molar-refractivity contribution in [2.75, 3.05) is 20.8 Å². The molecule has 0 bridgehead atoms. The van der Waals surface area contributed by atoms with Crippen LogP contribution in [0, 0.1) is 0 Å². The van der Waals surface area contributed by atoms with Crippen molar-refractivity contribution < 1.29 is 9.47 Å². The van der Waals surface area contributed by atoms with Gasteiger partial charge in [0.1, 0.15) is 11.5 Å². The van der Waals surface area contributed by atoms with E-state index in [1.807, 2.05) is 36.4 Å². The summed E-state index contributed by atoms with van der Waals surface area (Å²) in [5.74, 6) is 1.74. The monoisotopic (exact) mass is 372 g/mol. The molecule has 0 heterocycles. The Morgan fingerprint density at radius 1 is 0.962 bits per heavy atom. The third-order valence-electron chi connectivity index (χ3n) is 4.43. The first-order chi connectivity index (χ1) is 12.6. The van der Waals surface area contributed by atoms with Gasteiger partial charge in [-0.1, -0.05) is 24.3 Å². The van der Waals surface area contributed by atoms with Gasteiger partial charge in [0.25, 0.3) is 0 Å². The largest absolute Gasteiger partial charge is 0.497 e. The van der Waals surface area contributed by atoms with E-state index in [1.54, 1.807) is 14.2 Å². The molecular formula is C21H28N2O2S. The first-order valence-corrected chi connectivity index (χ1v) is 9.28. The maximum Gasteiger partial charge on any atom is 0.169 e. The molecule has 26 heavy (non-hydrogen) atoms. The quantitative estimate of drug-likeness (QED) is 0.708. The molecule has 2 rings (SSSR count). The number of hydrogen-bond acceptors (Lipinski definition) is 3. The van der Waals surface area contributed by atoms with E-state index < -0.39 is 0 Å². The van der Waals surface area contributed by atoms with Crippen LogP contribution < -0.4 is 14.8 Å². The molecule has 1 N–H and O–H groups in total. The maximum absolute atomic E-state index is 5.62. The number of benzene rings is 2. The molecule has 0 amide bonds. The summed E-state index contributed by atoms with van der Waals surface area (Å²) in [5, 5.41) is 4.15. The Morgan fingerprint density at radius 2 is 1.46 bits per heavy atom. The lowest BCUT2D eigenvalue weighted by molar-refractivity contribution is 0.337. The molecule has 0 spiro atoms. The summed E-state index contributed by atoms with van der Waals surface area (Å²) in [5.41, 5.74) is 2.45. The molecule has 0 radical (unpaired) electrons. The Bertz CT molecular complexity index is 686. The molecule has 0 aliphatic heterocycles. The van der Waals surface area contributed by atoms with Gasteiger partial charge in [0.2, 0.25) is 0 Å². The van der Waals surface area contributed by atoms with Crippen molar-refractivity contribution in [2.45, 2.75) is 32.9 Å². The molecule has 0 saturated carbocycles. The van der Waals surface area contributed by atoms with Crippen LogP contribution in [0.1, 0.15) is 25.0 Å². The predicted octanol–water partition coefficient (Wildman–Crippen LogP) is 4.03. The molecule has 140 valence electrons. The average Bonchev–Trinajstić information content (AvgIpc) is 2.68. The van der Waals surface area contributed by atoms with Gasteiger partial charge in [0, 0.05) is 19.1 Å². The fraction of sp³-hybridized carbons (Fsp3) is 0.381. The average molecular weight is 373 g/mol. The van der Waals surface area contributed by atoms with Crippen LogP contribution in [0.3, 0.4) is 0 Å². The van der Waals surface area contributed by atoms with Crippen LogP contribution in [0.15, 0.2) is 48.5 Å². The van der Waals surface area contributed by atoms with Crippen molar-refractivity contribution in [2.24, 2.45) is 0 Å². The minimum Gasteiger partial charge on any atom is -0.497 e. The van der Waals surface area contributed by atoms with Crippen LogP contribution in [0.25, 0.3) is 0 Å². The Morgan fingerprint density at radius 3 is 1.92 bits per heavy atom. The molecular weight excluding hydrogens is 344 g/mol. The lowest BCUT2D eigenvalue weighted by Crippen LogP contribution is -2.45. The Kier molecular flexibility index (Phi) is 7.73. The van der Waals surface area contributed by atoms with E-state index >= 15 is 0 Å². The zero-order valence-corrected chi connectivity index (χ0v) is 16.8. The molecule has 0 aromatic heterocycles. The third-order valence-corrected chi connectivity index (χ3v) is 4.81. The summed E-state index contributed by atoms with van der Waals surface area (Å²) in [6.45, 7) is 5.90. The first kappa shape index (κ1) is 20.0. The highest BCUT2D eigenvalue weighted by molar-refractivity contribution is 7.80. The lowest BCUT2D eigenvalue weighted by Gasteiger charge is -2.31. The fourth-order valence-electron chi connectivity index (χ4n) is 2.89. The summed E-state index contributed by atoms with van der Waals surface area (Å²) in [4.78, 5) is 2.23. The van der Waals surface area contributed by atoms with Crippen molar-refractivity contribution in [1.82, 2.24) is 10.2 Å². The predicted molar refractivity (Wildman–Crippen MR) is 111 cm³/mol. The highest BCUT2D eigenvalue weighted by Crippen LogP contribution is 2.15. The first-order valence-electron chi connectivity index (χ1n) is 8.87. The molecule has 0 saturated heterocycles. The summed E-state index contributed by atoms with van der Waals surface area (Å²) < 4.78 is 10.4.